The standard InChI is InChI=1S/C11H18N2O2/c1-7-8(2)11(15-4)9(6-13-12)5-10(7)14-3/h5,13H,6,12H2,1-4H3. The summed E-state index contributed by atoms with van der Waals surface area (Å²) in [6.45, 7) is 4.58. The highest BCUT2D eigenvalue weighted by Crippen LogP contribution is 2.32. The first-order valence-corrected chi connectivity index (χ1v) is 4.80. The number of nitrogens with two attached hydrogens (primary N) is 1. The van der Waals surface area contributed by atoms with Gasteiger partial charge in [0.15, 0.2) is 0 Å². The van der Waals surface area contributed by atoms with E-state index in [0.717, 1.165) is 28.2 Å². The van der Waals surface area contributed by atoms with Crippen molar-refractivity contribution in [3.05, 3.63) is 22.8 Å². The Hall–Kier alpha value is -1.26. The Labute approximate surface area is 90.3 Å². The summed E-state index contributed by atoms with van der Waals surface area (Å²) >= 11 is 0. The highest BCUT2D eigenvalue weighted by molar-refractivity contribution is 5.52. The fraction of sp³-hybridized carbons (Fsp3) is 0.455. The molecule has 4 nitrogen and oxygen atoms in total. The summed E-state index contributed by atoms with van der Waals surface area (Å²) in [5, 5.41) is 0. The molecule has 15 heavy (non-hydrogen) atoms. The van der Waals surface area contributed by atoms with Gasteiger partial charge in [0.1, 0.15) is 11.5 Å². The van der Waals surface area contributed by atoms with Crippen molar-refractivity contribution in [3.8, 4) is 11.5 Å². The summed E-state index contributed by atoms with van der Waals surface area (Å²) in [4.78, 5) is 0. The molecule has 84 valence electrons. The molecule has 0 saturated heterocycles. The molecule has 1 aromatic carbocycles. The van der Waals surface area contributed by atoms with Crippen LogP contribution in [0.4, 0.5) is 0 Å². The first-order chi connectivity index (χ1) is 7.15. The van der Waals surface area contributed by atoms with Gasteiger partial charge in [-0.05, 0) is 31.0 Å². The first kappa shape index (κ1) is 11.8. The summed E-state index contributed by atoms with van der Waals surface area (Å²) in [5.41, 5.74) is 5.80. The lowest BCUT2D eigenvalue weighted by Crippen LogP contribution is -2.21. The number of hydrazine groups is 1. The molecular formula is C11H18N2O2. The quantitative estimate of drug-likeness (QED) is 0.580. The third kappa shape index (κ3) is 2.22. The van der Waals surface area contributed by atoms with Crippen LogP contribution in [0.5, 0.6) is 11.5 Å². The molecule has 0 aliphatic rings. The van der Waals surface area contributed by atoms with Crippen molar-refractivity contribution in [1.29, 1.82) is 0 Å². The molecule has 0 atom stereocenters. The van der Waals surface area contributed by atoms with Crippen molar-refractivity contribution in [1.82, 2.24) is 5.43 Å². The van der Waals surface area contributed by atoms with Crippen LogP contribution in [0.2, 0.25) is 0 Å². The highest BCUT2D eigenvalue weighted by atomic mass is 16.5. The summed E-state index contributed by atoms with van der Waals surface area (Å²) in [7, 11) is 3.32. The third-order valence-corrected chi connectivity index (χ3v) is 2.59. The van der Waals surface area contributed by atoms with E-state index in [2.05, 4.69) is 5.43 Å². The van der Waals surface area contributed by atoms with Gasteiger partial charge >= 0.3 is 0 Å². The fourth-order valence-corrected chi connectivity index (χ4v) is 1.67. The van der Waals surface area contributed by atoms with Gasteiger partial charge in [0.2, 0.25) is 0 Å². The number of rotatable bonds is 4. The highest BCUT2D eigenvalue weighted by Gasteiger charge is 2.12. The third-order valence-electron chi connectivity index (χ3n) is 2.59. The van der Waals surface area contributed by atoms with Gasteiger partial charge in [-0.3, -0.25) is 11.3 Å². The van der Waals surface area contributed by atoms with E-state index in [-0.39, 0.29) is 0 Å². The number of nitrogens with one attached hydrogen (secondary N) is 1. The predicted molar refractivity (Wildman–Crippen MR) is 60.0 cm³/mol. The average molecular weight is 210 g/mol. The minimum absolute atomic E-state index is 0.556. The van der Waals surface area contributed by atoms with Crippen molar-refractivity contribution in [2.45, 2.75) is 20.4 Å². The van der Waals surface area contributed by atoms with Gasteiger partial charge in [0.25, 0.3) is 0 Å². The molecule has 0 heterocycles. The van der Waals surface area contributed by atoms with E-state index in [4.69, 9.17) is 15.3 Å². The number of hydrogen-bond donors (Lipinski definition) is 2. The van der Waals surface area contributed by atoms with E-state index in [1.165, 1.54) is 0 Å². The Morgan fingerprint density at radius 2 is 1.87 bits per heavy atom. The normalized spacial score (nSPS) is 10.2. The van der Waals surface area contributed by atoms with E-state index >= 15 is 0 Å². The number of ether oxygens (including phenoxy) is 2. The molecule has 0 bridgehead atoms. The number of methoxy groups -OCH3 is 2. The second-order valence-electron chi connectivity index (χ2n) is 3.40. The van der Waals surface area contributed by atoms with Gasteiger partial charge in [-0.25, -0.2) is 0 Å². The lowest BCUT2D eigenvalue weighted by Gasteiger charge is -2.16. The Balaban J connectivity index is 3.30. The molecule has 0 aliphatic heterocycles. The fourth-order valence-electron chi connectivity index (χ4n) is 1.67. The molecule has 0 radical (unpaired) electrons. The number of benzene rings is 1. The molecule has 4 heteroatoms. The maximum atomic E-state index is 5.36. The Morgan fingerprint density at radius 1 is 1.20 bits per heavy atom. The first-order valence-electron chi connectivity index (χ1n) is 4.80. The summed E-state index contributed by atoms with van der Waals surface area (Å²) in [5.74, 6) is 7.04. The zero-order chi connectivity index (χ0) is 11.4. The van der Waals surface area contributed by atoms with Crippen molar-refractivity contribution in [2.24, 2.45) is 5.84 Å². The van der Waals surface area contributed by atoms with Gasteiger partial charge in [0, 0.05) is 12.1 Å². The molecule has 0 spiro atoms. The second kappa shape index (κ2) is 5.00. The van der Waals surface area contributed by atoms with Crippen LogP contribution in [0.1, 0.15) is 16.7 Å². The van der Waals surface area contributed by atoms with Crippen LogP contribution in [0.15, 0.2) is 6.07 Å². The largest absolute Gasteiger partial charge is 0.496 e. The van der Waals surface area contributed by atoms with Gasteiger partial charge in [-0.15, -0.1) is 0 Å². The van der Waals surface area contributed by atoms with Gasteiger partial charge in [0.05, 0.1) is 14.2 Å². The minimum Gasteiger partial charge on any atom is -0.496 e. The van der Waals surface area contributed by atoms with E-state index in [1.54, 1.807) is 14.2 Å². The van der Waals surface area contributed by atoms with E-state index < -0.39 is 0 Å². The van der Waals surface area contributed by atoms with Crippen molar-refractivity contribution in [3.63, 3.8) is 0 Å². The van der Waals surface area contributed by atoms with Crippen LogP contribution in [-0.4, -0.2) is 14.2 Å². The van der Waals surface area contributed by atoms with Gasteiger partial charge in [-0.1, -0.05) is 0 Å². The van der Waals surface area contributed by atoms with Crippen molar-refractivity contribution >= 4 is 0 Å². The Bertz CT molecular complexity index is 351. The molecule has 3 N–H and O–H groups in total. The lowest BCUT2D eigenvalue weighted by molar-refractivity contribution is 0.392. The average Bonchev–Trinajstić information content (AvgIpc) is 2.24. The van der Waals surface area contributed by atoms with Crippen LogP contribution in [0.3, 0.4) is 0 Å². The van der Waals surface area contributed by atoms with Crippen LogP contribution in [-0.2, 0) is 6.54 Å². The molecule has 0 aliphatic carbocycles. The zero-order valence-corrected chi connectivity index (χ0v) is 9.68. The summed E-state index contributed by atoms with van der Waals surface area (Å²) in [6.07, 6.45) is 0. The van der Waals surface area contributed by atoms with Crippen LogP contribution >= 0.6 is 0 Å². The van der Waals surface area contributed by atoms with Gasteiger partial charge < -0.3 is 9.47 Å². The second-order valence-corrected chi connectivity index (χ2v) is 3.40. The van der Waals surface area contributed by atoms with E-state index in [0.29, 0.717) is 6.54 Å². The Morgan fingerprint density at radius 3 is 2.33 bits per heavy atom. The molecule has 0 amide bonds. The summed E-state index contributed by atoms with van der Waals surface area (Å²) < 4.78 is 10.6. The van der Waals surface area contributed by atoms with Crippen LogP contribution in [0.25, 0.3) is 0 Å². The van der Waals surface area contributed by atoms with Crippen molar-refractivity contribution in [2.75, 3.05) is 14.2 Å². The molecule has 1 rings (SSSR count). The maximum Gasteiger partial charge on any atom is 0.126 e. The molecule has 0 fully saturated rings. The molecule has 1 aromatic rings. The topological polar surface area (TPSA) is 56.5 Å². The monoisotopic (exact) mass is 210 g/mol. The maximum absolute atomic E-state index is 5.36. The minimum atomic E-state index is 0.556. The van der Waals surface area contributed by atoms with Gasteiger partial charge in [-0.2, -0.15) is 0 Å². The lowest BCUT2D eigenvalue weighted by atomic mass is 10.0. The number of hydrogen-bond acceptors (Lipinski definition) is 4. The SMILES string of the molecule is COc1cc(CNN)c(OC)c(C)c1C. The van der Waals surface area contributed by atoms with E-state index in [1.807, 2.05) is 19.9 Å². The molecule has 0 aromatic heterocycles. The van der Waals surface area contributed by atoms with Crippen LogP contribution in [0, 0.1) is 13.8 Å². The zero-order valence-electron chi connectivity index (χ0n) is 9.68. The Kier molecular flexibility index (Phi) is 3.94. The molecule has 0 unspecified atom stereocenters. The predicted octanol–water partition coefficient (Wildman–Crippen LogP) is 1.28. The molecule has 0 saturated carbocycles. The van der Waals surface area contributed by atoms with Crippen molar-refractivity contribution < 1.29 is 9.47 Å². The molecular weight excluding hydrogens is 192 g/mol. The van der Waals surface area contributed by atoms with E-state index in [9.17, 15) is 0 Å². The summed E-state index contributed by atoms with van der Waals surface area (Å²) in [6, 6.07) is 1.95. The van der Waals surface area contributed by atoms with Crippen LogP contribution < -0.4 is 20.7 Å². The smallest absolute Gasteiger partial charge is 0.126 e.